The molecule has 0 spiro atoms. The molecule has 3 aliphatic rings. The van der Waals surface area contributed by atoms with E-state index in [0.29, 0.717) is 11.3 Å². The highest BCUT2D eigenvalue weighted by Crippen LogP contribution is 2.60. The lowest BCUT2D eigenvalue weighted by molar-refractivity contribution is -0.131. The molecule has 0 N–H and O–H groups in total. The molecule has 1 saturated carbocycles. The van der Waals surface area contributed by atoms with Crippen LogP contribution < -0.4 is 4.74 Å². The fourth-order valence-corrected chi connectivity index (χ4v) is 4.44. The quantitative estimate of drug-likeness (QED) is 0.769. The average molecular weight is 320 g/mol. The first-order valence-corrected chi connectivity index (χ1v) is 7.60. The van der Waals surface area contributed by atoms with E-state index in [1.807, 2.05) is 12.2 Å². The number of hydrogen-bond donors (Lipinski definition) is 0. The Hall–Kier alpha value is -2.04. The highest BCUT2D eigenvalue weighted by molar-refractivity contribution is 6.11. The summed E-state index contributed by atoms with van der Waals surface area (Å²) in [7, 11) is 1.51. The fraction of sp³-hybridized carbons (Fsp3) is 0.389. The van der Waals surface area contributed by atoms with E-state index in [1.54, 1.807) is 24.3 Å². The van der Waals surface area contributed by atoms with Gasteiger partial charge in [0.2, 0.25) is 0 Å². The van der Waals surface area contributed by atoms with Crippen LogP contribution in [0.3, 0.4) is 0 Å². The van der Waals surface area contributed by atoms with Gasteiger partial charge in [0.15, 0.2) is 5.78 Å². The second kappa shape index (κ2) is 4.73. The molecule has 0 aliphatic heterocycles. The molecule has 1 fully saturated rings. The fourth-order valence-electron chi connectivity index (χ4n) is 4.44. The van der Waals surface area contributed by atoms with Crippen LogP contribution in [0.15, 0.2) is 42.0 Å². The van der Waals surface area contributed by atoms with Crippen LogP contribution in [0.4, 0.5) is 13.2 Å². The number of carbonyl (C=O) groups is 1. The number of Topliss-reactive ketones (excluding diaryl/α,β-unsaturated/α-hetero) is 1. The Morgan fingerprint density at radius 1 is 1.04 bits per heavy atom. The van der Waals surface area contributed by atoms with Crippen LogP contribution >= 0.6 is 0 Å². The van der Waals surface area contributed by atoms with Gasteiger partial charge in [-0.2, -0.15) is 13.2 Å². The standard InChI is InChI=1S/C18H15F3O2/c1-23-12-6-4-9(5-7-12)14-13-10-2-3-11(8-10)15(13)17(22)16(14)18(19,20)21/h2-7,10-11,13,15H,8H2,1H3/t10-,11+,13-,15-/m1/s1. The minimum atomic E-state index is -4.61. The van der Waals surface area contributed by atoms with Gasteiger partial charge in [0.05, 0.1) is 7.11 Å². The number of benzene rings is 1. The monoisotopic (exact) mass is 320 g/mol. The molecule has 1 aromatic rings. The molecular formula is C18H15F3O2. The summed E-state index contributed by atoms with van der Waals surface area (Å²) in [6, 6.07) is 6.50. The molecule has 0 amide bonds. The number of hydrogen-bond acceptors (Lipinski definition) is 2. The van der Waals surface area contributed by atoms with Crippen molar-refractivity contribution >= 4 is 11.4 Å². The van der Waals surface area contributed by atoms with Crippen LogP contribution in [0.2, 0.25) is 0 Å². The highest BCUT2D eigenvalue weighted by atomic mass is 19.4. The van der Waals surface area contributed by atoms with Crippen molar-refractivity contribution in [2.24, 2.45) is 23.7 Å². The largest absolute Gasteiger partial charge is 0.497 e. The van der Waals surface area contributed by atoms with Gasteiger partial charge in [-0.15, -0.1) is 0 Å². The summed E-state index contributed by atoms with van der Waals surface area (Å²) in [5, 5.41) is 0. The molecular weight excluding hydrogens is 305 g/mol. The third kappa shape index (κ3) is 1.98. The van der Waals surface area contributed by atoms with Gasteiger partial charge in [0.25, 0.3) is 0 Å². The maximum atomic E-state index is 13.6. The minimum Gasteiger partial charge on any atom is -0.497 e. The molecule has 23 heavy (non-hydrogen) atoms. The molecule has 2 nitrogen and oxygen atoms in total. The Labute approximate surface area is 131 Å². The molecule has 0 saturated heterocycles. The smallest absolute Gasteiger partial charge is 0.420 e. The van der Waals surface area contributed by atoms with Gasteiger partial charge in [-0.25, -0.2) is 0 Å². The Morgan fingerprint density at radius 2 is 1.65 bits per heavy atom. The number of fused-ring (bicyclic) bond motifs is 5. The Kier molecular flexibility index (Phi) is 2.99. The first-order valence-electron chi connectivity index (χ1n) is 7.60. The Morgan fingerprint density at radius 3 is 2.22 bits per heavy atom. The molecule has 4 atom stereocenters. The van der Waals surface area contributed by atoms with Gasteiger partial charge in [0, 0.05) is 11.8 Å². The summed E-state index contributed by atoms with van der Waals surface area (Å²) in [6.45, 7) is 0. The third-order valence-corrected chi connectivity index (χ3v) is 5.30. The lowest BCUT2D eigenvalue weighted by Crippen LogP contribution is -2.25. The zero-order chi connectivity index (χ0) is 16.4. The summed E-state index contributed by atoms with van der Waals surface area (Å²) in [5.41, 5.74) is -0.303. The van der Waals surface area contributed by atoms with Gasteiger partial charge in [0.1, 0.15) is 11.3 Å². The third-order valence-electron chi connectivity index (χ3n) is 5.30. The van der Waals surface area contributed by atoms with Crippen LogP contribution in [0, 0.1) is 23.7 Å². The number of ketones is 1. The normalized spacial score (nSPS) is 31.9. The van der Waals surface area contributed by atoms with E-state index in [2.05, 4.69) is 0 Å². The van der Waals surface area contributed by atoms with E-state index in [0.717, 1.165) is 6.42 Å². The summed E-state index contributed by atoms with van der Waals surface area (Å²) >= 11 is 0. The van der Waals surface area contributed by atoms with Gasteiger partial charge in [-0.1, -0.05) is 24.3 Å². The van der Waals surface area contributed by atoms with Gasteiger partial charge in [-0.3, -0.25) is 4.79 Å². The molecule has 2 bridgehead atoms. The maximum Gasteiger partial charge on any atom is 0.420 e. The number of methoxy groups -OCH3 is 1. The molecule has 5 heteroatoms. The van der Waals surface area contributed by atoms with Gasteiger partial charge in [-0.05, 0) is 41.5 Å². The highest BCUT2D eigenvalue weighted by Gasteiger charge is 2.60. The lowest BCUT2D eigenvalue weighted by Gasteiger charge is -2.22. The summed E-state index contributed by atoms with van der Waals surface area (Å²) in [4.78, 5) is 12.5. The molecule has 0 unspecified atom stereocenters. The summed E-state index contributed by atoms with van der Waals surface area (Å²) in [5.74, 6) is -1.06. The zero-order valence-corrected chi connectivity index (χ0v) is 12.4. The molecule has 3 aliphatic carbocycles. The lowest BCUT2D eigenvalue weighted by atomic mass is 9.80. The second-order valence-electron chi connectivity index (χ2n) is 6.38. The molecule has 120 valence electrons. The van der Waals surface area contributed by atoms with Crippen molar-refractivity contribution in [3.8, 4) is 5.75 Å². The predicted octanol–water partition coefficient (Wildman–Crippen LogP) is 4.03. The summed E-state index contributed by atoms with van der Waals surface area (Å²) < 4.78 is 45.7. The van der Waals surface area contributed by atoms with E-state index in [-0.39, 0.29) is 23.3 Å². The number of carbonyl (C=O) groups excluding carboxylic acids is 1. The number of ether oxygens (including phenoxy) is 1. The molecule has 4 rings (SSSR count). The van der Waals surface area contributed by atoms with Crippen molar-refractivity contribution in [1.29, 1.82) is 0 Å². The van der Waals surface area contributed by atoms with Gasteiger partial charge < -0.3 is 4.74 Å². The Bertz CT molecular complexity index is 728. The van der Waals surface area contributed by atoms with Crippen LogP contribution in [-0.4, -0.2) is 19.1 Å². The first kappa shape index (κ1) is 14.5. The molecule has 0 radical (unpaired) electrons. The van der Waals surface area contributed by atoms with Crippen molar-refractivity contribution < 1.29 is 22.7 Å². The van der Waals surface area contributed by atoms with E-state index in [4.69, 9.17) is 4.74 Å². The first-order chi connectivity index (χ1) is 10.9. The minimum absolute atomic E-state index is 0.0332. The van der Waals surface area contributed by atoms with Crippen LogP contribution in [0.1, 0.15) is 12.0 Å². The van der Waals surface area contributed by atoms with Crippen molar-refractivity contribution in [2.75, 3.05) is 7.11 Å². The molecule has 1 aromatic carbocycles. The van der Waals surface area contributed by atoms with E-state index in [1.165, 1.54) is 7.11 Å². The number of rotatable bonds is 2. The number of allylic oxidation sites excluding steroid dienone is 4. The predicted molar refractivity (Wildman–Crippen MR) is 78.7 cm³/mol. The van der Waals surface area contributed by atoms with Crippen LogP contribution in [-0.2, 0) is 4.79 Å². The topological polar surface area (TPSA) is 26.3 Å². The Balaban J connectivity index is 1.88. The number of alkyl halides is 3. The zero-order valence-electron chi connectivity index (χ0n) is 12.4. The van der Waals surface area contributed by atoms with Crippen molar-refractivity contribution in [2.45, 2.75) is 12.6 Å². The molecule has 0 aromatic heterocycles. The van der Waals surface area contributed by atoms with E-state index >= 15 is 0 Å². The van der Waals surface area contributed by atoms with E-state index < -0.39 is 23.5 Å². The van der Waals surface area contributed by atoms with Crippen molar-refractivity contribution in [3.63, 3.8) is 0 Å². The van der Waals surface area contributed by atoms with Crippen molar-refractivity contribution in [1.82, 2.24) is 0 Å². The second-order valence-corrected chi connectivity index (χ2v) is 6.38. The van der Waals surface area contributed by atoms with Crippen molar-refractivity contribution in [3.05, 3.63) is 47.6 Å². The SMILES string of the molecule is COc1ccc(C2=C(C(F)(F)F)C(=O)[C@H]3[C@@H]2[C@@H]2C=C[C@H]3C2)cc1. The average Bonchev–Trinajstić information content (AvgIpc) is 3.18. The van der Waals surface area contributed by atoms with Gasteiger partial charge >= 0.3 is 6.18 Å². The van der Waals surface area contributed by atoms with Crippen LogP contribution in [0.5, 0.6) is 5.75 Å². The molecule has 0 heterocycles. The maximum absolute atomic E-state index is 13.6. The van der Waals surface area contributed by atoms with E-state index in [9.17, 15) is 18.0 Å². The summed E-state index contributed by atoms with van der Waals surface area (Å²) in [6.07, 6.45) is 0.0542. The number of halogens is 3. The van der Waals surface area contributed by atoms with Crippen LogP contribution in [0.25, 0.3) is 5.57 Å².